The predicted molar refractivity (Wildman–Crippen MR) is 173 cm³/mol. The van der Waals surface area contributed by atoms with Crippen molar-refractivity contribution in [3.63, 3.8) is 0 Å². The number of aromatic amines is 1. The lowest BCUT2D eigenvalue weighted by atomic mass is 9.95. The minimum atomic E-state index is -0.988. The first kappa shape index (κ1) is 29.4. The van der Waals surface area contributed by atoms with Gasteiger partial charge in [-0.3, -0.25) is 9.69 Å². The number of fused-ring (bicyclic) bond motifs is 2. The molecule has 0 bridgehead atoms. The smallest absolute Gasteiger partial charge is 0.352 e. The van der Waals surface area contributed by atoms with E-state index in [2.05, 4.69) is 27.3 Å². The van der Waals surface area contributed by atoms with E-state index in [-0.39, 0.29) is 11.6 Å². The summed E-state index contributed by atoms with van der Waals surface area (Å²) in [5.74, 6) is -0.266. The zero-order chi connectivity index (χ0) is 30.5. The van der Waals surface area contributed by atoms with E-state index in [4.69, 9.17) is 9.47 Å². The van der Waals surface area contributed by atoms with Gasteiger partial charge in [0.1, 0.15) is 11.4 Å². The maximum Gasteiger partial charge on any atom is 0.352 e. The number of rotatable bonds is 11. The third-order valence-electron chi connectivity index (χ3n) is 8.33. The second-order valence-electron chi connectivity index (χ2n) is 11.2. The molecule has 44 heavy (non-hydrogen) atoms. The van der Waals surface area contributed by atoms with Crippen LogP contribution >= 0.6 is 0 Å². The molecule has 0 atom stereocenters. The Bertz CT molecular complexity index is 1800. The summed E-state index contributed by atoms with van der Waals surface area (Å²) in [5, 5.41) is 16.2. The fourth-order valence-corrected chi connectivity index (χ4v) is 6.05. The number of carbonyl (C=O) groups is 2. The highest BCUT2D eigenvalue weighted by Gasteiger charge is 2.20. The Morgan fingerprint density at radius 3 is 2.55 bits per heavy atom. The van der Waals surface area contributed by atoms with Crippen LogP contribution in [-0.2, 0) is 11.2 Å². The van der Waals surface area contributed by atoms with E-state index in [1.807, 2.05) is 73.7 Å². The topological polar surface area (TPSA) is 104 Å². The van der Waals surface area contributed by atoms with Crippen LogP contribution in [-0.4, -0.2) is 72.9 Å². The molecule has 226 valence electrons. The molecule has 8 heteroatoms. The lowest BCUT2D eigenvalue weighted by Crippen LogP contribution is -2.41. The van der Waals surface area contributed by atoms with E-state index < -0.39 is 5.97 Å². The maximum atomic E-state index is 12.9. The number of carbonyl (C=O) groups excluding carboxylic acids is 1. The van der Waals surface area contributed by atoms with E-state index in [0.29, 0.717) is 31.6 Å². The first-order valence-electron chi connectivity index (χ1n) is 15.2. The zero-order valence-corrected chi connectivity index (χ0v) is 24.9. The van der Waals surface area contributed by atoms with Crippen LogP contribution < -0.4 is 10.1 Å². The third kappa shape index (κ3) is 6.32. The molecule has 5 aromatic rings. The number of benzene rings is 4. The van der Waals surface area contributed by atoms with Crippen molar-refractivity contribution in [2.45, 2.75) is 19.8 Å². The Morgan fingerprint density at radius 2 is 1.73 bits per heavy atom. The Labute approximate surface area is 256 Å². The maximum absolute atomic E-state index is 12.9. The van der Waals surface area contributed by atoms with Crippen LogP contribution in [0.25, 0.3) is 32.8 Å². The highest BCUT2D eigenvalue weighted by molar-refractivity contribution is 6.04. The van der Waals surface area contributed by atoms with Crippen molar-refractivity contribution in [1.29, 1.82) is 0 Å². The van der Waals surface area contributed by atoms with Crippen molar-refractivity contribution in [1.82, 2.24) is 15.2 Å². The summed E-state index contributed by atoms with van der Waals surface area (Å²) in [6, 6.07) is 25.7. The van der Waals surface area contributed by atoms with Gasteiger partial charge in [-0.1, -0.05) is 60.7 Å². The number of aryl methyl sites for hydroxylation is 2. The van der Waals surface area contributed by atoms with Crippen LogP contribution in [0.2, 0.25) is 0 Å². The molecule has 1 aromatic heterocycles. The van der Waals surface area contributed by atoms with Crippen LogP contribution in [0.4, 0.5) is 0 Å². The summed E-state index contributed by atoms with van der Waals surface area (Å²) >= 11 is 0. The number of aromatic nitrogens is 1. The molecule has 1 saturated heterocycles. The fourth-order valence-electron chi connectivity index (χ4n) is 6.05. The van der Waals surface area contributed by atoms with Gasteiger partial charge in [-0.25, -0.2) is 4.79 Å². The number of H-pyrrole nitrogens is 1. The lowest BCUT2D eigenvalue weighted by molar-refractivity contribution is 0.0383. The van der Waals surface area contributed by atoms with E-state index in [1.54, 1.807) is 0 Å². The van der Waals surface area contributed by atoms with Gasteiger partial charge in [0, 0.05) is 48.1 Å². The molecule has 0 saturated carbocycles. The Morgan fingerprint density at radius 1 is 0.955 bits per heavy atom. The molecule has 0 aliphatic carbocycles. The van der Waals surface area contributed by atoms with E-state index in [1.165, 1.54) is 0 Å². The molecule has 8 nitrogen and oxygen atoms in total. The zero-order valence-electron chi connectivity index (χ0n) is 24.9. The molecule has 6 rings (SSSR count). The summed E-state index contributed by atoms with van der Waals surface area (Å²) < 4.78 is 11.5. The number of hydrogen-bond acceptors (Lipinski definition) is 5. The SMILES string of the molecule is Cc1cc(C(=O)NCCN2CCOCC2)ccc1-c1cccc2c(CCCOc3cccc4ccccc34)c(C(=O)O)[nH]c12. The molecule has 0 radical (unpaired) electrons. The van der Waals surface area contributed by atoms with Crippen molar-refractivity contribution >= 4 is 33.6 Å². The quantitative estimate of drug-likeness (QED) is 0.161. The van der Waals surface area contributed by atoms with Gasteiger partial charge < -0.3 is 24.9 Å². The number of morpholine rings is 1. The Balaban J connectivity index is 1.17. The summed E-state index contributed by atoms with van der Waals surface area (Å²) in [4.78, 5) is 30.7. The molecule has 1 aliphatic heterocycles. The number of hydrogen-bond donors (Lipinski definition) is 3. The second-order valence-corrected chi connectivity index (χ2v) is 11.2. The molecule has 0 unspecified atom stereocenters. The normalized spacial score (nSPS) is 13.8. The average molecular weight is 592 g/mol. The van der Waals surface area contributed by atoms with Gasteiger partial charge in [-0.15, -0.1) is 0 Å². The van der Waals surface area contributed by atoms with Gasteiger partial charge in [0.15, 0.2) is 0 Å². The van der Waals surface area contributed by atoms with Crippen molar-refractivity contribution in [2.24, 2.45) is 0 Å². The van der Waals surface area contributed by atoms with Crippen LogP contribution in [0.3, 0.4) is 0 Å². The van der Waals surface area contributed by atoms with Gasteiger partial charge in [0.25, 0.3) is 5.91 Å². The molecular weight excluding hydrogens is 554 g/mol. The van der Waals surface area contributed by atoms with Crippen molar-refractivity contribution in [3.05, 3.63) is 101 Å². The molecular formula is C36H37N3O5. The van der Waals surface area contributed by atoms with E-state index >= 15 is 0 Å². The number of nitrogens with zero attached hydrogens (tertiary/aromatic N) is 1. The number of para-hydroxylation sites is 1. The number of carboxylic acids is 1. The van der Waals surface area contributed by atoms with Gasteiger partial charge in [0.2, 0.25) is 0 Å². The molecule has 4 aromatic carbocycles. The van der Waals surface area contributed by atoms with Gasteiger partial charge in [0.05, 0.1) is 25.3 Å². The first-order chi connectivity index (χ1) is 21.5. The lowest BCUT2D eigenvalue weighted by Gasteiger charge is -2.26. The van der Waals surface area contributed by atoms with Crippen LogP contribution in [0.1, 0.15) is 38.4 Å². The predicted octanol–water partition coefficient (Wildman–Crippen LogP) is 6.07. The average Bonchev–Trinajstić information content (AvgIpc) is 3.43. The van der Waals surface area contributed by atoms with E-state index in [0.717, 1.165) is 82.5 Å². The summed E-state index contributed by atoms with van der Waals surface area (Å²) in [5.41, 5.74) is 5.14. The number of ether oxygens (including phenoxy) is 2. The van der Waals surface area contributed by atoms with Gasteiger partial charge >= 0.3 is 5.97 Å². The van der Waals surface area contributed by atoms with Crippen molar-refractivity contribution in [3.8, 4) is 16.9 Å². The third-order valence-corrected chi connectivity index (χ3v) is 8.33. The number of carboxylic acid groups (broad SMARTS) is 1. The molecule has 1 fully saturated rings. The summed E-state index contributed by atoms with van der Waals surface area (Å²) in [6.45, 7) is 7.06. The second kappa shape index (κ2) is 13.3. The van der Waals surface area contributed by atoms with Gasteiger partial charge in [-0.05, 0) is 60.0 Å². The highest BCUT2D eigenvalue weighted by Crippen LogP contribution is 2.34. The molecule has 2 heterocycles. The number of nitrogens with one attached hydrogen (secondary N) is 2. The minimum absolute atomic E-state index is 0.104. The van der Waals surface area contributed by atoms with Gasteiger partial charge in [-0.2, -0.15) is 0 Å². The standard InChI is InChI=1S/C36H37N3O5/c1-24-23-26(35(40)37-16-17-39-18-21-43-22-19-39)14-15-27(24)29-10-5-11-30-31(34(36(41)42)38-33(29)30)12-6-20-44-32-13-4-8-25-7-2-3-9-28(25)32/h2-5,7-11,13-15,23,38H,6,12,16-22H2,1H3,(H,37,40)(H,41,42). The van der Waals surface area contributed by atoms with Crippen LogP contribution in [0, 0.1) is 6.92 Å². The molecule has 0 spiro atoms. The Kier molecular flexibility index (Phi) is 8.91. The number of amides is 1. The van der Waals surface area contributed by atoms with E-state index in [9.17, 15) is 14.7 Å². The molecule has 1 aliphatic rings. The summed E-state index contributed by atoms with van der Waals surface area (Å²) in [7, 11) is 0. The van der Waals surface area contributed by atoms with Crippen molar-refractivity contribution < 1.29 is 24.2 Å². The molecule has 3 N–H and O–H groups in total. The Hall–Kier alpha value is -4.66. The monoisotopic (exact) mass is 591 g/mol. The first-order valence-corrected chi connectivity index (χ1v) is 15.2. The fraction of sp³-hybridized carbons (Fsp3) is 0.278. The van der Waals surface area contributed by atoms with Crippen molar-refractivity contribution in [2.75, 3.05) is 46.0 Å². The largest absolute Gasteiger partial charge is 0.493 e. The minimum Gasteiger partial charge on any atom is -0.493 e. The molecule has 1 amide bonds. The summed E-state index contributed by atoms with van der Waals surface area (Å²) in [6.07, 6.45) is 1.22. The number of aromatic carboxylic acids is 1. The van der Waals surface area contributed by atoms with Crippen LogP contribution in [0.5, 0.6) is 5.75 Å². The van der Waals surface area contributed by atoms with Crippen LogP contribution in [0.15, 0.2) is 78.9 Å². The highest BCUT2D eigenvalue weighted by atomic mass is 16.5.